The van der Waals surface area contributed by atoms with E-state index in [1.807, 2.05) is 0 Å². The zero-order chi connectivity index (χ0) is 22.5. The second kappa shape index (κ2) is 7.03. The van der Waals surface area contributed by atoms with Gasteiger partial charge in [-0.05, 0) is 50.6 Å². The highest BCUT2D eigenvalue weighted by molar-refractivity contribution is 6.03. The molecule has 30 heavy (non-hydrogen) atoms. The van der Waals surface area contributed by atoms with E-state index < -0.39 is 52.5 Å². The van der Waals surface area contributed by atoms with Gasteiger partial charge in [0.2, 0.25) is 0 Å². The lowest BCUT2D eigenvalue weighted by atomic mass is 9.77. The van der Waals surface area contributed by atoms with Crippen molar-refractivity contribution in [3.05, 3.63) is 58.9 Å². The molecule has 0 aliphatic carbocycles. The Morgan fingerprint density at radius 2 is 1.83 bits per heavy atom. The number of benzene rings is 1. The SMILES string of the molecule is Cc1cc(F)cnc1C(=O)Nc1ccc(F)c([C@@]2(C)N=C(N)[C@@](C)(F)CC2(F)F)c1. The maximum atomic E-state index is 14.8. The number of carbonyl (C=O) groups excluding carboxylic acids is 1. The van der Waals surface area contributed by atoms with E-state index in [0.29, 0.717) is 0 Å². The summed E-state index contributed by atoms with van der Waals surface area (Å²) in [6.07, 6.45) is -0.423. The molecule has 0 saturated carbocycles. The number of nitrogens with two attached hydrogens (primary N) is 1. The van der Waals surface area contributed by atoms with Gasteiger partial charge in [0, 0.05) is 11.3 Å². The molecule has 10 heteroatoms. The summed E-state index contributed by atoms with van der Waals surface area (Å²) in [5, 5.41) is 2.41. The van der Waals surface area contributed by atoms with Crippen LogP contribution in [-0.2, 0) is 5.54 Å². The number of amides is 1. The van der Waals surface area contributed by atoms with Crippen LogP contribution in [0.15, 0.2) is 35.5 Å². The molecule has 3 rings (SSSR count). The van der Waals surface area contributed by atoms with E-state index in [2.05, 4.69) is 15.3 Å². The van der Waals surface area contributed by atoms with Crippen molar-refractivity contribution in [3.8, 4) is 0 Å². The minimum atomic E-state index is -3.77. The number of alkyl halides is 3. The van der Waals surface area contributed by atoms with E-state index in [-0.39, 0.29) is 16.9 Å². The number of carbonyl (C=O) groups is 1. The first-order chi connectivity index (χ1) is 13.8. The van der Waals surface area contributed by atoms with Crippen molar-refractivity contribution in [2.75, 3.05) is 5.32 Å². The minimum Gasteiger partial charge on any atom is -0.385 e. The first kappa shape index (κ1) is 21.7. The molecule has 1 aromatic heterocycles. The second-order valence-electron chi connectivity index (χ2n) is 7.62. The van der Waals surface area contributed by atoms with Gasteiger partial charge in [-0.3, -0.25) is 9.79 Å². The molecule has 3 N–H and O–H groups in total. The highest BCUT2D eigenvalue weighted by Gasteiger charge is 2.60. The Kier molecular flexibility index (Phi) is 5.08. The maximum absolute atomic E-state index is 14.8. The van der Waals surface area contributed by atoms with Crippen LogP contribution in [-0.4, -0.2) is 28.3 Å². The largest absolute Gasteiger partial charge is 0.385 e. The summed E-state index contributed by atoms with van der Waals surface area (Å²) in [4.78, 5) is 19.7. The van der Waals surface area contributed by atoms with Gasteiger partial charge < -0.3 is 11.1 Å². The molecule has 0 spiro atoms. The Balaban J connectivity index is 2.01. The van der Waals surface area contributed by atoms with Crippen molar-refractivity contribution in [2.45, 2.75) is 44.3 Å². The van der Waals surface area contributed by atoms with E-state index in [9.17, 15) is 26.7 Å². The lowest BCUT2D eigenvalue weighted by Gasteiger charge is -2.42. The molecule has 1 aliphatic heterocycles. The van der Waals surface area contributed by atoms with Gasteiger partial charge in [0.05, 0.1) is 12.6 Å². The normalized spacial score (nSPS) is 25.5. The van der Waals surface area contributed by atoms with Crippen LogP contribution < -0.4 is 11.1 Å². The number of nitrogens with zero attached hydrogens (tertiary/aromatic N) is 2. The van der Waals surface area contributed by atoms with Crippen LogP contribution in [0.4, 0.5) is 27.6 Å². The molecule has 2 heterocycles. The van der Waals surface area contributed by atoms with Crippen LogP contribution in [0.25, 0.3) is 0 Å². The Morgan fingerprint density at radius 1 is 1.17 bits per heavy atom. The fourth-order valence-electron chi connectivity index (χ4n) is 3.32. The molecule has 1 aromatic carbocycles. The van der Waals surface area contributed by atoms with Crippen molar-refractivity contribution in [1.29, 1.82) is 0 Å². The molecule has 0 fully saturated rings. The van der Waals surface area contributed by atoms with Crippen molar-refractivity contribution >= 4 is 17.4 Å². The Labute approximate surface area is 169 Å². The standard InChI is InChI=1S/C20H19F5N4O/c1-10-6-11(21)8-27-15(10)16(30)28-12-4-5-14(22)13(7-12)19(3)20(24,25)9-18(2,23)17(26)29-19/h4-8H,9H2,1-3H3,(H2,26,29)(H,28,30)/t18-,19+/m0/s1. The highest BCUT2D eigenvalue weighted by atomic mass is 19.3. The molecule has 5 nitrogen and oxygen atoms in total. The lowest BCUT2D eigenvalue weighted by molar-refractivity contribution is -0.106. The van der Waals surface area contributed by atoms with E-state index in [4.69, 9.17) is 5.73 Å². The molecular formula is C20H19F5N4O. The van der Waals surface area contributed by atoms with Gasteiger partial charge in [0.15, 0.2) is 11.2 Å². The maximum Gasteiger partial charge on any atom is 0.280 e. The van der Waals surface area contributed by atoms with Gasteiger partial charge >= 0.3 is 0 Å². The molecular weight excluding hydrogens is 407 g/mol. The third-order valence-corrected chi connectivity index (χ3v) is 5.15. The molecule has 1 aliphatic rings. The second-order valence-corrected chi connectivity index (χ2v) is 7.62. The summed E-state index contributed by atoms with van der Waals surface area (Å²) in [5.41, 5.74) is 0.0681. The number of aromatic nitrogens is 1. The molecule has 2 aromatic rings. The number of hydrogen-bond donors (Lipinski definition) is 2. The fraction of sp³-hybridized carbons (Fsp3) is 0.350. The van der Waals surface area contributed by atoms with Gasteiger partial charge in [-0.2, -0.15) is 0 Å². The minimum absolute atomic E-state index is 0.0266. The zero-order valence-corrected chi connectivity index (χ0v) is 16.4. The molecule has 2 atom stereocenters. The van der Waals surface area contributed by atoms with E-state index in [0.717, 1.165) is 44.3 Å². The van der Waals surface area contributed by atoms with Crippen molar-refractivity contribution in [3.63, 3.8) is 0 Å². The van der Waals surface area contributed by atoms with Gasteiger partial charge in [0.1, 0.15) is 23.2 Å². The molecule has 0 unspecified atom stereocenters. The average molecular weight is 426 g/mol. The van der Waals surface area contributed by atoms with Crippen LogP contribution in [0.5, 0.6) is 0 Å². The van der Waals surface area contributed by atoms with Crippen LogP contribution >= 0.6 is 0 Å². The number of pyridine rings is 1. The number of rotatable bonds is 3. The van der Waals surface area contributed by atoms with Crippen LogP contribution in [0, 0.1) is 18.6 Å². The van der Waals surface area contributed by atoms with Gasteiger partial charge in [-0.25, -0.2) is 26.9 Å². The highest BCUT2D eigenvalue weighted by Crippen LogP contribution is 2.50. The number of halogens is 5. The topological polar surface area (TPSA) is 80.4 Å². The van der Waals surface area contributed by atoms with Crippen molar-refractivity contribution < 1.29 is 26.7 Å². The Morgan fingerprint density at radius 3 is 2.47 bits per heavy atom. The predicted octanol–water partition coefficient (Wildman–Crippen LogP) is 4.26. The lowest BCUT2D eigenvalue weighted by Crippen LogP contribution is -2.56. The average Bonchev–Trinajstić information content (AvgIpc) is 2.61. The number of nitrogens with one attached hydrogen (secondary N) is 1. The van der Waals surface area contributed by atoms with Gasteiger partial charge in [-0.15, -0.1) is 0 Å². The van der Waals surface area contributed by atoms with Crippen LogP contribution in [0.1, 0.15) is 41.9 Å². The van der Waals surface area contributed by atoms with E-state index in [1.54, 1.807) is 0 Å². The van der Waals surface area contributed by atoms with Crippen LogP contribution in [0.3, 0.4) is 0 Å². The Hall–Kier alpha value is -3.04. The Bertz CT molecular complexity index is 1050. The summed E-state index contributed by atoms with van der Waals surface area (Å²) in [6.45, 7) is 3.30. The zero-order valence-electron chi connectivity index (χ0n) is 16.4. The summed E-state index contributed by atoms with van der Waals surface area (Å²) in [6, 6.07) is 4.13. The van der Waals surface area contributed by atoms with E-state index in [1.165, 1.54) is 6.92 Å². The van der Waals surface area contributed by atoms with E-state index >= 15 is 0 Å². The summed E-state index contributed by atoms with van der Waals surface area (Å²) < 4.78 is 71.7. The molecule has 160 valence electrons. The number of aryl methyl sites for hydroxylation is 1. The van der Waals surface area contributed by atoms with Crippen LogP contribution in [0.2, 0.25) is 0 Å². The van der Waals surface area contributed by atoms with Crippen molar-refractivity contribution in [2.24, 2.45) is 10.7 Å². The summed E-state index contributed by atoms with van der Waals surface area (Å²) in [7, 11) is 0. The number of anilines is 1. The number of aliphatic imine (C=N–C) groups is 1. The monoisotopic (exact) mass is 426 g/mol. The molecule has 1 amide bonds. The smallest absolute Gasteiger partial charge is 0.280 e. The first-order valence-corrected chi connectivity index (χ1v) is 8.93. The van der Waals surface area contributed by atoms with Crippen molar-refractivity contribution in [1.82, 2.24) is 4.98 Å². The molecule has 0 radical (unpaired) electrons. The third kappa shape index (κ3) is 3.61. The number of hydrogen-bond acceptors (Lipinski definition) is 4. The fourth-order valence-corrected chi connectivity index (χ4v) is 3.32. The van der Waals surface area contributed by atoms with Gasteiger partial charge in [-0.1, -0.05) is 0 Å². The van der Waals surface area contributed by atoms with Gasteiger partial charge in [0.25, 0.3) is 11.8 Å². The molecule has 0 bridgehead atoms. The summed E-state index contributed by atoms with van der Waals surface area (Å²) >= 11 is 0. The first-order valence-electron chi connectivity index (χ1n) is 8.93. The molecule has 0 saturated heterocycles. The number of amidine groups is 1. The summed E-state index contributed by atoms with van der Waals surface area (Å²) in [5.74, 6) is -6.83. The quantitative estimate of drug-likeness (QED) is 0.720. The third-order valence-electron chi connectivity index (χ3n) is 5.15. The predicted molar refractivity (Wildman–Crippen MR) is 101 cm³/mol.